The molecule has 0 fully saturated rings. The second-order valence-corrected chi connectivity index (χ2v) is 5.79. The van der Waals surface area contributed by atoms with Crippen LogP contribution in [0.2, 0.25) is 0 Å². The Hall–Kier alpha value is -2.08. The third-order valence-electron chi connectivity index (χ3n) is 4.05. The molecule has 6 heteroatoms. The van der Waals surface area contributed by atoms with Crippen LogP contribution in [0.5, 0.6) is 0 Å². The van der Waals surface area contributed by atoms with E-state index < -0.39 is 0 Å². The van der Waals surface area contributed by atoms with E-state index >= 15 is 0 Å². The molecule has 118 valence electrons. The summed E-state index contributed by atoms with van der Waals surface area (Å²) in [4.78, 5) is 11.6. The lowest BCUT2D eigenvalue weighted by molar-refractivity contribution is 0.389. The van der Waals surface area contributed by atoms with E-state index in [0.717, 1.165) is 51.4 Å². The predicted octanol–water partition coefficient (Wildman–Crippen LogP) is 1.16. The van der Waals surface area contributed by atoms with Gasteiger partial charge in [-0.25, -0.2) is 4.68 Å². The highest BCUT2D eigenvalue weighted by molar-refractivity contribution is 5.35. The number of anilines is 1. The first-order valence-electron chi connectivity index (χ1n) is 7.95. The zero-order valence-electron chi connectivity index (χ0n) is 12.7. The van der Waals surface area contributed by atoms with Crippen molar-refractivity contribution in [2.45, 2.75) is 25.9 Å². The second kappa shape index (κ2) is 7.26. The highest BCUT2D eigenvalue weighted by atomic mass is 16.1. The first-order valence-corrected chi connectivity index (χ1v) is 7.95. The molecule has 3 heterocycles. The Morgan fingerprint density at radius 1 is 1.32 bits per heavy atom. The van der Waals surface area contributed by atoms with Crippen molar-refractivity contribution in [3.05, 3.63) is 47.0 Å². The van der Waals surface area contributed by atoms with Gasteiger partial charge < -0.3 is 15.2 Å². The molecule has 0 saturated heterocycles. The minimum Gasteiger partial charge on any atom is -0.370 e. The second-order valence-electron chi connectivity index (χ2n) is 5.79. The Kier molecular flexibility index (Phi) is 4.90. The molecule has 6 nitrogen and oxygen atoms in total. The van der Waals surface area contributed by atoms with Crippen LogP contribution in [0.25, 0.3) is 0 Å². The molecule has 2 aromatic rings. The van der Waals surface area contributed by atoms with Gasteiger partial charge in [0.05, 0.1) is 6.20 Å². The lowest BCUT2D eigenvalue weighted by atomic mass is 10.1. The fraction of sp³-hybridized carbons (Fsp3) is 0.500. The topological polar surface area (TPSA) is 63.9 Å². The third-order valence-corrected chi connectivity index (χ3v) is 4.05. The number of nitrogens with zero attached hydrogens (tertiary/aromatic N) is 3. The number of hydrogen-bond donors (Lipinski definition) is 2. The minimum absolute atomic E-state index is 0.0822. The Labute approximate surface area is 130 Å². The van der Waals surface area contributed by atoms with Crippen molar-refractivity contribution in [1.29, 1.82) is 0 Å². The molecule has 1 aliphatic rings. The Morgan fingerprint density at radius 2 is 2.27 bits per heavy atom. The molecule has 1 atom stereocenters. The van der Waals surface area contributed by atoms with Gasteiger partial charge in [-0.15, -0.1) is 0 Å². The molecule has 2 N–H and O–H groups in total. The van der Waals surface area contributed by atoms with Crippen molar-refractivity contribution in [2.24, 2.45) is 5.92 Å². The Morgan fingerprint density at radius 3 is 3.18 bits per heavy atom. The zero-order valence-corrected chi connectivity index (χ0v) is 12.7. The summed E-state index contributed by atoms with van der Waals surface area (Å²) in [5, 5.41) is 11.2. The number of aromatic nitrogens is 3. The summed E-state index contributed by atoms with van der Waals surface area (Å²) in [6.45, 7) is 4.75. The lowest BCUT2D eigenvalue weighted by Crippen LogP contribution is -2.35. The Bertz CT molecular complexity index is 648. The molecule has 0 amide bonds. The third kappa shape index (κ3) is 3.76. The number of aryl methyl sites for hydroxylation is 1. The summed E-state index contributed by atoms with van der Waals surface area (Å²) < 4.78 is 3.79. The lowest BCUT2D eigenvalue weighted by Gasteiger charge is -2.25. The van der Waals surface area contributed by atoms with Gasteiger partial charge in [0.1, 0.15) is 5.82 Å². The maximum atomic E-state index is 11.6. The zero-order chi connectivity index (χ0) is 15.2. The van der Waals surface area contributed by atoms with Crippen LogP contribution in [0.3, 0.4) is 0 Å². The van der Waals surface area contributed by atoms with E-state index in [2.05, 4.69) is 15.7 Å². The summed E-state index contributed by atoms with van der Waals surface area (Å²) in [7, 11) is 0. The number of unbranched alkanes of at least 4 members (excludes halogenated alkanes) is 1. The highest BCUT2D eigenvalue weighted by Crippen LogP contribution is 2.15. The van der Waals surface area contributed by atoms with Gasteiger partial charge in [0.25, 0.3) is 0 Å². The van der Waals surface area contributed by atoms with Crippen LogP contribution in [-0.4, -0.2) is 34.0 Å². The first-order chi connectivity index (χ1) is 10.8. The molecular formula is C16H23N5O. The number of hydrogen-bond acceptors (Lipinski definition) is 4. The standard InChI is InChI=1S/C16H23N5O/c22-16-5-1-3-9-20(16)10-4-2-7-17-11-14-12-18-15-6-8-19-21(15)13-14/h1,3,5-6,8-9,14,17-18H,2,4,7,10-13H2/t14-/m1/s1. The maximum Gasteiger partial charge on any atom is 0.250 e. The average Bonchev–Trinajstić information content (AvgIpc) is 3.00. The minimum atomic E-state index is 0.0822. The van der Waals surface area contributed by atoms with Gasteiger partial charge in [0.2, 0.25) is 5.56 Å². The van der Waals surface area contributed by atoms with Crippen molar-refractivity contribution < 1.29 is 0 Å². The van der Waals surface area contributed by atoms with Gasteiger partial charge in [-0.3, -0.25) is 4.79 Å². The van der Waals surface area contributed by atoms with Gasteiger partial charge in [-0.05, 0) is 25.5 Å². The fourth-order valence-corrected chi connectivity index (χ4v) is 2.81. The average molecular weight is 301 g/mol. The summed E-state index contributed by atoms with van der Waals surface area (Å²) in [5.41, 5.74) is 0.0822. The number of nitrogens with one attached hydrogen (secondary N) is 2. The summed E-state index contributed by atoms with van der Waals surface area (Å²) in [5.74, 6) is 1.69. The van der Waals surface area contributed by atoms with E-state index in [0.29, 0.717) is 5.92 Å². The van der Waals surface area contributed by atoms with Crippen LogP contribution in [0.4, 0.5) is 5.82 Å². The summed E-state index contributed by atoms with van der Waals surface area (Å²) in [6.07, 6.45) is 5.78. The van der Waals surface area contributed by atoms with Gasteiger partial charge in [-0.2, -0.15) is 5.10 Å². The summed E-state index contributed by atoms with van der Waals surface area (Å²) in [6, 6.07) is 7.30. The monoisotopic (exact) mass is 301 g/mol. The van der Waals surface area contributed by atoms with E-state index in [4.69, 9.17) is 0 Å². The van der Waals surface area contributed by atoms with Crippen LogP contribution < -0.4 is 16.2 Å². The molecular weight excluding hydrogens is 278 g/mol. The quantitative estimate of drug-likeness (QED) is 0.753. The number of pyridine rings is 1. The first kappa shape index (κ1) is 14.8. The number of fused-ring (bicyclic) bond motifs is 1. The summed E-state index contributed by atoms with van der Waals surface area (Å²) >= 11 is 0. The SMILES string of the molecule is O=c1ccccn1CCCCNC[C@@H]1CNc2ccnn2C1. The number of rotatable bonds is 7. The normalized spacial score (nSPS) is 17.0. The van der Waals surface area contributed by atoms with Crippen LogP contribution in [0.1, 0.15) is 12.8 Å². The van der Waals surface area contributed by atoms with Crippen molar-refractivity contribution >= 4 is 5.82 Å². The molecule has 0 saturated carbocycles. The molecule has 22 heavy (non-hydrogen) atoms. The molecule has 0 aromatic carbocycles. The van der Waals surface area contributed by atoms with Crippen LogP contribution in [0, 0.1) is 5.92 Å². The molecule has 0 spiro atoms. The molecule has 2 aromatic heterocycles. The van der Waals surface area contributed by atoms with E-state index in [1.165, 1.54) is 0 Å². The fourth-order valence-electron chi connectivity index (χ4n) is 2.81. The van der Waals surface area contributed by atoms with Crippen LogP contribution in [-0.2, 0) is 13.1 Å². The van der Waals surface area contributed by atoms with E-state index in [-0.39, 0.29) is 5.56 Å². The molecule has 0 aliphatic carbocycles. The van der Waals surface area contributed by atoms with Crippen molar-refractivity contribution in [3.8, 4) is 0 Å². The molecule has 0 unspecified atom stereocenters. The maximum absolute atomic E-state index is 11.6. The molecule has 1 aliphatic heterocycles. The Balaban J connectivity index is 1.30. The smallest absolute Gasteiger partial charge is 0.250 e. The molecule has 3 rings (SSSR count). The van der Waals surface area contributed by atoms with Gasteiger partial charge in [0.15, 0.2) is 0 Å². The van der Waals surface area contributed by atoms with Gasteiger partial charge in [0, 0.05) is 50.4 Å². The van der Waals surface area contributed by atoms with Gasteiger partial charge in [-0.1, -0.05) is 6.07 Å². The van der Waals surface area contributed by atoms with E-state index in [1.807, 2.05) is 29.2 Å². The molecule has 0 bridgehead atoms. The van der Waals surface area contributed by atoms with Crippen molar-refractivity contribution in [3.63, 3.8) is 0 Å². The largest absolute Gasteiger partial charge is 0.370 e. The van der Waals surface area contributed by atoms with E-state index in [9.17, 15) is 4.79 Å². The highest BCUT2D eigenvalue weighted by Gasteiger charge is 2.17. The molecule has 0 radical (unpaired) electrons. The van der Waals surface area contributed by atoms with Crippen molar-refractivity contribution in [1.82, 2.24) is 19.7 Å². The van der Waals surface area contributed by atoms with Crippen LogP contribution in [0.15, 0.2) is 41.5 Å². The van der Waals surface area contributed by atoms with Gasteiger partial charge >= 0.3 is 0 Å². The predicted molar refractivity (Wildman–Crippen MR) is 87.0 cm³/mol. The van der Waals surface area contributed by atoms with E-state index in [1.54, 1.807) is 16.7 Å². The van der Waals surface area contributed by atoms with Crippen LogP contribution >= 0.6 is 0 Å². The van der Waals surface area contributed by atoms with Crippen molar-refractivity contribution in [2.75, 3.05) is 25.0 Å².